The van der Waals surface area contributed by atoms with Crippen molar-refractivity contribution < 1.29 is 4.39 Å². The second-order valence-corrected chi connectivity index (χ2v) is 5.59. The van der Waals surface area contributed by atoms with Crippen molar-refractivity contribution in [2.45, 2.75) is 0 Å². The van der Waals surface area contributed by atoms with Crippen molar-refractivity contribution in [3.63, 3.8) is 0 Å². The van der Waals surface area contributed by atoms with Gasteiger partial charge >= 0.3 is 0 Å². The Bertz CT molecular complexity index is 609. The van der Waals surface area contributed by atoms with Crippen molar-refractivity contribution in [1.29, 1.82) is 0 Å². The quantitative estimate of drug-likeness (QED) is 0.428. The molecule has 0 aliphatic heterocycles. The van der Waals surface area contributed by atoms with Gasteiger partial charge in [-0.3, -0.25) is 5.43 Å². The molecular weight excluding hydrogens is 336 g/mol. The lowest BCUT2D eigenvalue weighted by Gasteiger charge is -2.22. The molecule has 0 bridgehead atoms. The fourth-order valence-electron chi connectivity index (χ4n) is 2.05. The SMILES string of the molecule is Fc1ccc(NN=Cc2ccc(N(CCCl)CCCl)cc2)cc1. The maximum Gasteiger partial charge on any atom is 0.123 e. The Morgan fingerprint density at radius 1 is 0.957 bits per heavy atom. The molecule has 0 heterocycles. The molecule has 0 atom stereocenters. The minimum atomic E-state index is -0.270. The predicted octanol–water partition coefficient (Wildman–Crippen LogP) is 4.56. The maximum atomic E-state index is 12.8. The Balaban J connectivity index is 1.95. The largest absolute Gasteiger partial charge is 0.369 e. The Hall–Kier alpha value is -1.78. The first kappa shape index (κ1) is 17.6. The fraction of sp³-hybridized carbons (Fsp3) is 0.235. The average molecular weight is 354 g/mol. The van der Waals surface area contributed by atoms with Crippen molar-refractivity contribution in [3.8, 4) is 0 Å². The molecule has 0 amide bonds. The molecule has 2 rings (SSSR count). The van der Waals surface area contributed by atoms with Crippen LogP contribution in [0.15, 0.2) is 53.6 Å². The number of nitrogens with zero attached hydrogens (tertiary/aromatic N) is 2. The van der Waals surface area contributed by atoms with Gasteiger partial charge in [0.1, 0.15) is 5.82 Å². The number of halogens is 3. The number of hydrazone groups is 1. The number of alkyl halides is 2. The zero-order valence-corrected chi connectivity index (χ0v) is 14.1. The van der Waals surface area contributed by atoms with E-state index in [4.69, 9.17) is 23.2 Å². The summed E-state index contributed by atoms with van der Waals surface area (Å²) in [6, 6.07) is 14.0. The number of hydrogen-bond acceptors (Lipinski definition) is 3. The number of rotatable bonds is 8. The standard InChI is InChI=1S/C17H18Cl2FN3/c18-9-11-23(12-10-19)17-7-1-14(2-8-17)13-21-22-16-5-3-15(20)4-6-16/h1-8,13,22H,9-12H2. The zero-order chi connectivity index (χ0) is 16.5. The molecule has 0 unspecified atom stereocenters. The van der Waals surface area contributed by atoms with Crippen LogP contribution in [0.2, 0.25) is 0 Å². The molecule has 0 aliphatic rings. The number of anilines is 2. The molecule has 0 saturated carbocycles. The minimum Gasteiger partial charge on any atom is -0.369 e. The van der Waals surface area contributed by atoms with Crippen molar-refractivity contribution in [3.05, 3.63) is 59.9 Å². The molecule has 0 saturated heterocycles. The lowest BCUT2D eigenvalue weighted by atomic mass is 10.2. The third-order valence-corrected chi connectivity index (χ3v) is 3.56. The number of hydrogen-bond donors (Lipinski definition) is 1. The smallest absolute Gasteiger partial charge is 0.123 e. The number of benzene rings is 2. The van der Waals surface area contributed by atoms with Gasteiger partial charge in [0.2, 0.25) is 0 Å². The van der Waals surface area contributed by atoms with E-state index in [-0.39, 0.29) is 5.82 Å². The lowest BCUT2D eigenvalue weighted by molar-refractivity contribution is 0.628. The van der Waals surface area contributed by atoms with Gasteiger partial charge in [-0.05, 0) is 42.0 Å². The summed E-state index contributed by atoms with van der Waals surface area (Å²) in [5, 5.41) is 4.14. The third-order valence-electron chi connectivity index (χ3n) is 3.22. The normalized spacial score (nSPS) is 10.9. The van der Waals surface area contributed by atoms with Gasteiger partial charge in [-0.25, -0.2) is 4.39 Å². The summed E-state index contributed by atoms with van der Waals surface area (Å²) in [6.07, 6.45) is 1.71. The van der Waals surface area contributed by atoms with Crippen LogP contribution in [0.5, 0.6) is 0 Å². The van der Waals surface area contributed by atoms with Gasteiger partial charge in [0.25, 0.3) is 0 Å². The summed E-state index contributed by atoms with van der Waals surface area (Å²) in [5.41, 5.74) is 5.62. The second kappa shape index (κ2) is 9.38. The maximum absolute atomic E-state index is 12.8. The summed E-state index contributed by atoms with van der Waals surface area (Å²) < 4.78 is 12.8. The van der Waals surface area contributed by atoms with Gasteiger partial charge < -0.3 is 4.90 Å². The molecule has 23 heavy (non-hydrogen) atoms. The second-order valence-electron chi connectivity index (χ2n) is 4.83. The topological polar surface area (TPSA) is 27.6 Å². The van der Waals surface area contributed by atoms with Crippen molar-refractivity contribution >= 4 is 40.8 Å². The van der Waals surface area contributed by atoms with E-state index in [1.807, 2.05) is 24.3 Å². The highest BCUT2D eigenvalue weighted by Crippen LogP contribution is 2.15. The van der Waals surface area contributed by atoms with E-state index in [1.165, 1.54) is 12.1 Å². The van der Waals surface area contributed by atoms with Gasteiger partial charge in [-0.1, -0.05) is 12.1 Å². The molecule has 3 nitrogen and oxygen atoms in total. The fourth-order valence-corrected chi connectivity index (χ4v) is 2.46. The van der Waals surface area contributed by atoms with Crippen molar-refractivity contribution in [2.24, 2.45) is 5.10 Å². The summed E-state index contributed by atoms with van der Waals surface area (Å²) >= 11 is 11.6. The van der Waals surface area contributed by atoms with Gasteiger partial charge in [-0.15, -0.1) is 23.2 Å². The monoisotopic (exact) mass is 353 g/mol. The molecule has 0 fully saturated rings. The van der Waals surface area contributed by atoms with Gasteiger partial charge in [0.15, 0.2) is 0 Å². The number of nitrogens with one attached hydrogen (secondary N) is 1. The molecule has 0 spiro atoms. The molecule has 2 aromatic rings. The highest BCUT2D eigenvalue weighted by atomic mass is 35.5. The Kier molecular flexibility index (Phi) is 7.17. The van der Waals surface area contributed by atoms with Crippen LogP contribution in [0.3, 0.4) is 0 Å². The van der Waals surface area contributed by atoms with E-state index in [0.29, 0.717) is 11.8 Å². The Morgan fingerprint density at radius 2 is 1.57 bits per heavy atom. The van der Waals surface area contributed by atoms with Gasteiger partial charge in [-0.2, -0.15) is 5.10 Å². The molecule has 0 radical (unpaired) electrons. The third kappa shape index (κ3) is 5.73. The molecule has 1 N–H and O–H groups in total. The molecule has 0 aliphatic carbocycles. The molecule has 2 aromatic carbocycles. The Labute approximate surface area is 145 Å². The molecular formula is C17H18Cl2FN3. The van der Waals surface area contributed by atoms with Crippen LogP contribution in [0, 0.1) is 5.82 Å². The predicted molar refractivity (Wildman–Crippen MR) is 97.7 cm³/mol. The van der Waals surface area contributed by atoms with E-state index in [2.05, 4.69) is 15.4 Å². The highest BCUT2D eigenvalue weighted by molar-refractivity contribution is 6.18. The summed E-state index contributed by atoms with van der Waals surface area (Å²) in [7, 11) is 0. The Morgan fingerprint density at radius 3 is 2.13 bits per heavy atom. The zero-order valence-electron chi connectivity index (χ0n) is 12.6. The molecule has 0 aromatic heterocycles. The van der Waals surface area contributed by atoms with Gasteiger partial charge in [0, 0.05) is 30.5 Å². The van der Waals surface area contributed by atoms with Gasteiger partial charge in [0.05, 0.1) is 11.9 Å². The first-order valence-electron chi connectivity index (χ1n) is 7.24. The summed E-state index contributed by atoms with van der Waals surface area (Å²) in [4.78, 5) is 2.14. The van der Waals surface area contributed by atoms with E-state index in [1.54, 1.807) is 18.3 Å². The van der Waals surface area contributed by atoms with Crippen LogP contribution in [-0.4, -0.2) is 31.1 Å². The first-order valence-corrected chi connectivity index (χ1v) is 8.31. The van der Waals surface area contributed by atoms with Crippen LogP contribution < -0.4 is 10.3 Å². The summed E-state index contributed by atoms with van der Waals surface area (Å²) in [6.45, 7) is 1.52. The van der Waals surface area contributed by atoms with Crippen LogP contribution in [0.4, 0.5) is 15.8 Å². The molecule has 6 heteroatoms. The van der Waals surface area contributed by atoms with E-state index >= 15 is 0 Å². The first-order chi connectivity index (χ1) is 11.2. The van der Waals surface area contributed by atoms with Crippen LogP contribution >= 0.6 is 23.2 Å². The summed E-state index contributed by atoms with van der Waals surface area (Å²) in [5.74, 6) is 0.845. The molecule has 122 valence electrons. The lowest BCUT2D eigenvalue weighted by Crippen LogP contribution is -2.27. The van der Waals surface area contributed by atoms with E-state index in [0.717, 1.165) is 30.0 Å². The highest BCUT2D eigenvalue weighted by Gasteiger charge is 2.04. The van der Waals surface area contributed by atoms with Crippen LogP contribution in [0.25, 0.3) is 0 Å². The average Bonchev–Trinajstić information content (AvgIpc) is 2.57. The van der Waals surface area contributed by atoms with Crippen molar-refractivity contribution in [2.75, 3.05) is 35.2 Å². The van der Waals surface area contributed by atoms with Crippen molar-refractivity contribution in [1.82, 2.24) is 0 Å². The van der Waals surface area contributed by atoms with E-state index < -0.39 is 0 Å². The van der Waals surface area contributed by atoms with Crippen LogP contribution in [-0.2, 0) is 0 Å². The van der Waals surface area contributed by atoms with E-state index in [9.17, 15) is 4.39 Å². The van der Waals surface area contributed by atoms with Crippen LogP contribution in [0.1, 0.15) is 5.56 Å². The minimum absolute atomic E-state index is 0.270.